The molecule has 1 aromatic carbocycles. The zero-order valence-electron chi connectivity index (χ0n) is 10.3. The molecule has 0 radical (unpaired) electrons. The Kier molecular flexibility index (Phi) is 4.05. The minimum atomic E-state index is -1.01. The first-order valence-electron chi connectivity index (χ1n) is 5.78. The van der Waals surface area contributed by atoms with Gasteiger partial charge in [0.2, 0.25) is 0 Å². The van der Waals surface area contributed by atoms with Crippen molar-refractivity contribution in [1.82, 2.24) is 9.78 Å². The van der Waals surface area contributed by atoms with Gasteiger partial charge in [-0.05, 0) is 12.1 Å². The molecule has 0 saturated carbocycles. The molecule has 0 aliphatic carbocycles. The molecule has 1 heterocycles. The highest BCUT2D eigenvalue weighted by Gasteiger charge is 2.12. The summed E-state index contributed by atoms with van der Waals surface area (Å²) < 4.78 is 1.04. The standard InChI is InChI=1S/C13H11ClN2O4/c14-8-3-1-2-4-10(8)16-12(18)7-11(17)9(15-16)5-6-13(19)20/h1-4,7,17H,5-6H2,(H,19,20). The normalized spacial score (nSPS) is 10.4. The molecule has 0 bridgehead atoms. The van der Waals surface area contributed by atoms with Gasteiger partial charge in [-0.25, -0.2) is 0 Å². The lowest BCUT2D eigenvalue weighted by atomic mass is 10.2. The Morgan fingerprint density at radius 2 is 2.05 bits per heavy atom. The van der Waals surface area contributed by atoms with Gasteiger partial charge in [-0.15, -0.1) is 0 Å². The van der Waals surface area contributed by atoms with Crippen LogP contribution in [-0.4, -0.2) is 26.0 Å². The van der Waals surface area contributed by atoms with Crippen LogP contribution in [0.4, 0.5) is 0 Å². The highest BCUT2D eigenvalue weighted by molar-refractivity contribution is 6.32. The highest BCUT2D eigenvalue weighted by Crippen LogP contribution is 2.19. The monoisotopic (exact) mass is 294 g/mol. The first kappa shape index (κ1) is 14.1. The molecule has 0 aliphatic heterocycles. The predicted octanol–water partition coefficient (Wildman–Crippen LogP) is 1.61. The molecule has 0 amide bonds. The Hall–Kier alpha value is -2.34. The molecule has 0 aliphatic rings. The second-order valence-corrected chi connectivity index (χ2v) is 4.48. The maximum absolute atomic E-state index is 11.8. The number of carboxylic acids is 1. The second-order valence-electron chi connectivity index (χ2n) is 4.07. The van der Waals surface area contributed by atoms with Gasteiger partial charge in [-0.1, -0.05) is 23.7 Å². The average molecular weight is 295 g/mol. The molecule has 1 aromatic heterocycles. The van der Waals surface area contributed by atoms with Crippen molar-refractivity contribution in [3.05, 3.63) is 51.4 Å². The van der Waals surface area contributed by atoms with Crippen LogP contribution in [0.3, 0.4) is 0 Å². The Morgan fingerprint density at radius 1 is 1.35 bits per heavy atom. The van der Waals surface area contributed by atoms with E-state index in [1.165, 1.54) is 0 Å². The van der Waals surface area contributed by atoms with Crippen LogP contribution in [0.25, 0.3) is 5.69 Å². The van der Waals surface area contributed by atoms with Crippen LogP contribution in [0.1, 0.15) is 12.1 Å². The van der Waals surface area contributed by atoms with Crippen molar-refractivity contribution in [2.75, 3.05) is 0 Å². The van der Waals surface area contributed by atoms with Crippen molar-refractivity contribution in [1.29, 1.82) is 0 Å². The fraction of sp³-hybridized carbons (Fsp3) is 0.154. The van der Waals surface area contributed by atoms with Crippen molar-refractivity contribution in [3.63, 3.8) is 0 Å². The SMILES string of the molecule is O=C(O)CCc1nn(-c2ccccc2Cl)c(=O)cc1O. The summed E-state index contributed by atoms with van der Waals surface area (Å²) >= 11 is 5.99. The molecule has 0 saturated heterocycles. The minimum absolute atomic E-state index is 0.0197. The van der Waals surface area contributed by atoms with Crippen LogP contribution in [0.5, 0.6) is 5.75 Å². The molecule has 7 heteroatoms. The minimum Gasteiger partial charge on any atom is -0.506 e. The van der Waals surface area contributed by atoms with Gasteiger partial charge in [0.15, 0.2) is 0 Å². The lowest BCUT2D eigenvalue weighted by molar-refractivity contribution is -0.136. The smallest absolute Gasteiger partial charge is 0.303 e. The van der Waals surface area contributed by atoms with Gasteiger partial charge in [0.25, 0.3) is 5.56 Å². The maximum Gasteiger partial charge on any atom is 0.303 e. The molecule has 2 rings (SSSR count). The summed E-state index contributed by atoms with van der Waals surface area (Å²) in [4.78, 5) is 22.4. The van der Waals surface area contributed by atoms with Gasteiger partial charge >= 0.3 is 5.97 Å². The third-order valence-electron chi connectivity index (χ3n) is 2.64. The lowest BCUT2D eigenvalue weighted by Gasteiger charge is -2.09. The van der Waals surface area contributed by atoms with E-state index in [9.17, 15) is 14.7 Å². The summed E-state index contributed by atoms with van der Waals surface area (Å²) in [6.07, 6.45) is -0.173. The fourth-order valence-electron chi connectivity index (χ4n) is 1.68. The maximum atomic E-state index is 11.8. The summed E-state index contributed by atoms with van der Waals surface area (Å²) in [5.41, 5.74) is -0.0441. The van der Waals surface area contributed by atoms with Crippen LogP contribution < -0.4 is 5.56 Å². The van der Waals surface area contributed by atoms with Gasteiger partial charge in [-0.2, -0.15) is 9.78 Å². The summed E-state index contributed by atoms with van der Waals surface area (Å²) in [5, 5.41) is 22.6. The molecular weight excluding hydrogens is 284 g/mol. The fourth-order valence-corrected chi connectivity index (χ4v) is 1.90. The third-order valence-corrected chi connectivity index (χ3v) is 2.96. The molecule has 104 valence electrons. The number of benzene rings is 1. The van der Waals surface area contributed by atoms with Crippen molar-refractivity contribution in [2.24, 2.45) is 0 Å². The van der Waals surface area contributed by atoms with Crippen molar-refractivity contribution in [2.45, 2.75) is 12.8 Å². The Balaban J connectivity index is 2.49. The van der Waals surface area contributed by atoms with Crippen LogP contribution in [0.15, 0.2) is 35.1 Å². The van der Waals surface area contributed by atoms with E-state index in [0.29, 0.717) is 10.7 Å². The van der Waals surface area contributed by atoms with E-state index in [4.69, 9.17) is 16.7 Å². The summed E-state index contributed by atoms with van der Waals surface area (Å²) in [5.74, 6) is -1.33. The number of aliphatic carboxylic acids is 1. The van der Waals surface area contributed by atoms with E-state index in [2.05, 4.69) is 5.10 Å². The van der Waals surface area contributed by atoms with Gasteiger partial charge in [0.05, 0.1) is 17.1 Å². The van der Waals surface area contributed by atoms with Crippen molar-refractivity contribution in [3.8, 4) is 11.4 Å². The van der Waals surface area contributed by atoms with Crippen molar-refractivity contribution >= 4 is 17.6 Å². The summed E-state index contributed by atoms with van der Waals surface area (Å²) in [7, 11) is 0. The second kappa shape index (κ2) is 5.75. The number of aromatic nitrogens is 2. The third kappa shape index (κ3) is 2.97. The zero-order valence-corrected chi connectivity index (χ0v) is 11.0. The van der Waals surface area contributed by atoms with Crippen molar-refractivity contribution < 1.29 is 15.0 Å². The number of hydrogen-bond acceptors (Lipinski definition) is 4. The molecule has 0 atom stereocenters. The molecule has 0 spiro atoms. The quantitative estimate of drug-likeness (QED) is 0.893. The van der Waals surface area contributed by atoms with E-state index >= 15 is 0 Å². The molecule has 6 nitrogen and oxygen atoms in total. The number of nitrogens with zero attached hydrogens (tertiary/aromatic N) is 2. The van der Waals surface area contributed by atoms with Crippen LogP contribution >= 0.6 is 11.6 Å². The molecule has 2 aromatic rings. The van der Waals surface area contributed by atoms with Crippen LogP contribution in [-0.2, 0) is 11.2 Å². The number of aryl methyl sites for hydroxylation is 1. The largest absolute Gasteiger partial charge is 0.506 e. The van der Waals surface area contributed by atoms with Gasteiger partial charge in [-0.3, -0.25) is 9.59 Å². The van der Waals surface area contributed by atoms with E-state index < -0.39 is 11.5 Å². The number of para-hydroxylation sites is 1. The Morgan fingerprint density at radius 3 is 2.70 bits per heavy atom. The molecule has 20 heavy (non-hydrogen) atoms. The number of carbonyl (C=O) groups is 1. The number of carboxylic acid groups (broad SMARTS) is 1. The highest BCUT2D eigenvalue weighted by atomic mass is 35.5. The zero-order chi connectivity index (χ0) is 14.7. The predicted molar refractivity (Wildman–Crippen MR) is 72.5 cm³/mol. The van der Waals surface area contributed by atoms with E-state index in [1.54, 1.807) is 24.3 Å². The number of hydrogen-bond donors (Lipinski definition) is 2. The Bertz CT molecular complexity index is 712. The van der Waals surface area contributed by atoms with E-state index in [0.717, 1.165) is 10.7 Å². The average Bonchev–Trinajstić information content (AvgIpc) is 2.39. The topological polar surface area (TPSA) is 92.4 Å². The number of aromatic hydroxyl groups is 1. The molecule has 0 unspecified atom stereocenters. The van der Waals surface area contributed by atoms with Gasteiger partial charge in [0, 0.05) is 12.5 Å². The molecule has 0 fully saturated rings. The number of rotatable bonds is 4. The van der Waals surface area contributed by atoms with Crippen LogP contribution in [0.2, 0.25) is 5.02 Å². The van der Waals surface area contributed by atoms with Crippen LogP contribution in [0, 0.1) is 0 Å². The number of halogens is 1. The summed E-state index contributed by atoms with van der Waals surface area (Å²) in [6.45, 7) is 0. The summed E-state index contributed by atoms with van der Waals surface area (Å²) in [6, 6.07) is 7.61. The molecule has 2 N–H and O–H groups in total. The Labute approximate surface area is 118 Å². The van der Waals surface area contributed by atoms with Gasteiger partial charge < -0.3 is 10.2 Å². The first-order valence-corrected chi connectivity index (χ1v) is 6.16. The lowest BCUT2D eigenvalue weighted by Crippen LogP contribution is -2.22. The van der Waals surface area contributed by atoms with E-state index in [-0.39, 0.29) is 24.3 Å². The molecular formula is C13H11ClN2O4. The first-order chi connectivity index (χ1) is 9.49. The van der Waals surface area contributed by atoms with E-state index in [1.807, 2.05) is 0 Å². The van der Waals surface area contributed by atoms with Gasteiger partial charge in [0.1, 0.15) is 11.4 Å².